The Hall–Kier alpha value is -2.60. The van der Waals surface area contributed by atoms with Crippen molar-refractivity contribution >= 4 is 23.4 Å². The van der Waals surface area contributed by atoms with E-state index in [9.17, 15) is 4.79 Å². The number of rotatable bonds is 5. The molecular weight excluding hydrogens is 370 g/mol. The summed E-state index contributed by atoms with van der Waals surface area (Å²) >= 11 is 1.24. The van der Waals surface area contributed by atoms with Crippen LogP contribution in [-0.2, 0) is 10.2 Å². The van der Waals surface area contributed by atoms with Crippen molar-refractivity contribution in [2.24, 2.45) is 0 Å². The predicted octanol–water partition coefficient (Wildman–Crippen LogP) is 5.46. The standard InChI is InChI=1S/C22H25N3O2S/c1-14-6-12-18(13-7-14)23-19(26)15(2)28-21-25-24-20(27-21)16-8-10-17(11-9-16)22(3,4)5/h6-13,15H,1-5H3,(H,23,26)/t15-/m0/s1. The molecule has 146 valence electrons. The summed E-state index contributed by atoms with van der Waals surface area (Å²) in [7, 11) is 0. The van der Waals surface area contributed by atoms with Gasteiger partial charge in [0, 0.05) is 11.3 Å². The fraction of sp³-hybridized carbons (Fsp3) is 0.318. The van der Waals surface area contributed by atoms with Crippen molar-refractivity contribution in [2.75, 3.05) is 5.32 Å². The maximum absolute atomic E-state index is 12.4. The van der Waals surface area contributed by atoms with Gasteiger partial charge in [-0.25, -0.2) is 0 Å². The van der Waals surface area contributed by atoms with Gasteiger partial charge < -0.3 is 9.73 Å². The highest BCUT2D eigenvalue weighted by molar-refractivity contribution is 8.00. The fourth-order valence-corrected chi connectivity index (χ4v) is 3.26. The summed E-state index contributed by atoms with van der Waals surface area (Å²) in [6.45, 7) is 10.3. The molecule has 2 aromatic carbocycles. The molecule has 6 heteroatoms. The molecule has 3 aromatic rings. The third-order valence-electron chi connectivity index (χ3n) is 4.37. The average molecular weight is 396 g/mol. The second-order valence-electron chi connectivity index (χ2n) is 7.82. The molecule has 1 N–H and O–H groups in total. The summed E-state index contributed by atoms with van der Waals surface area (Å²) in [6, 6.07) is 15.8. The highest BCUT2D eigenvalue weighted by Crippen LogP contribution is 2.29. The van der Waals surface area contributed by atoms with E-state index < -0.39 is 0 Å². The molecule has 28 heavy (non-hydrogen) atoms. The molecule has 1 amide bonds. The van der Waals surface area contributed by atoms with Crippen LogP contribution >= 0.6 is 11.8 Å². The molecule has 0 saturated heterocycles. The predicted molar refractivity (Wildman–Crippen MR) is 114 cm³/mol. The summed E-state index contributed by atoms with van der Waals surface area (Å²) in [5.74, 6) is 0.345. The first-order valence-electron chi connectivity index (χ1n) is 9.21. The smallest absolute Gasteiger partial charge is 0.277 e. The number of carbonyl (C=O) groups excluding carboxylic acids is 1. The van der Waals surface area contributed by atoms with E-state index in [0.29, 0.717) is 11.1 Å². The fourth-order valence-electron chi connectivity index (χ4n) is 2.57. The first-order chi connectivity index (χ1) is 13.2. The van der Waals surface area contributed by atoms with Crippen molar-refractivity contribution in [1.82, 2.24) is 10.2 Å². The maximum atomic E-state index is 12.4. The van der Waals surface area contributed by atoms with E-state index in [1.807, 2.05) is 50.2 Å². The second kappa shape index (κ2) is 8.19. The Morgan fingerprint density at radius 2 is 1.68 bits per heavy atom. The van der Waals surface area contributed by atoms with E-state index in [1.54, 1.807) is 0 Å². The van der Waals surface area contributed by atoms with Gasteiger partial charge in [-0.15, -0.1) is 10.2 Å². The van der Waals surface area contributed by atoms with Crippen LogP contribution in [0.5, 0.6) is 0 Å². The van der Waals surface area contributed by atoms with E-state index in [4.69, 9.17) is 4.42 Å². The lowest BCUT2D eigenvalue weighted by molar-refractivity contribution is -0.115. The first kappa shape index (κ1) is 20.1. The zero-order valence-corrected chi connectivity index (χ0v) is 17.6. The van der Waals surface area contributed by atoms with Gasteiger partial charge in [-0.1, -0.05) is 62.4 Å². The van der Waals surface area contributed by atoms with Crippen LogP contribution in [0.25, 0.3) is 11.5 Å². The highest BCUT2D eigenvalue weighted by Gasteiger charge is 2.19. The molecule has 0 aliphatic heterocycles. The van der Waals surface area contributed by atoms with Crippen LogP contribution in [0.2, 0.25) is 0 Å². The molecule has 0 bridgehead atoms. The molecule has 0 spiro atoms. The second-order valence-corrected chi connectivity index (χ2v) is 9.11. The molecule has 3 rings (SSSR count). The summed E-state index contributed by atoms with van der Waals surface area (Å²) in [4.78, 5) is 12.4. The largest absolute Gasteiger partial charge is 0.411 e. The quantitative estimate of drug-likeness (QED) is 0.581. The molecular formula is C22H25N3O2S. The van der Waals surface area contributed by atoms with E-state index in [1.165, 1.54) is 17.3 Å². The normalized spacial score (nSPS) is 12.6. The maximum Gasteiger partial charge on any atom is 0.277 e. The van der Waals surface area contributed by atoms with Gasteiger partial charge in [-0.2, -0.15) is 0 Å². The minimum atomic E-state index is -0.363. The van der Waals surface area contributed by atoms with Crippen LogP contribution in [0, 0.1) is 6.92 Å². The van der Waals surface area contributed by atoms with Gasteiger partial charge in [-0.3, -0.25) is 4.79 Å². The van der Waals surface area contributed by atoms with Crippen LogP contribution < -0.4 is 5.32 Å². The minimum Gasteiger partial charge on any atom is -0.411 e. The van der Waals surface area contributed by atoms with Crippen LogP contribution in [0.15, 0.2) is 58.2 Å². The summed E-state index contributed by atoms with van der Waals surface area (Å²) in [5.41, 5.74) is 4.12. The van der Waals surface area contributed by atoms with Crippen molar-refractivity contribution < 1.29 is 9.21 Å². The van der Waals surface area contributed by atoms with Gasteiger partial charge in [0.05, 0.1) is 5.25 Å². The molecule has 0 aliphatic carbocycles. The minimum absolute atomic E-state index is 0.0919. The van der Waals surface area contributed by atoms with Crippen LogP contribution in [0.3, 0.4) is 0 Å². The molecule has 1 heterocycles. The first-order valence-corrected chi connectivity index (χ1v) is 10.1. The van der Waals surface area contributed by atoms with E-state index in [-0.39, 0.29) is 16.6 Å². The van der Waals surface area contributed by atoms with Gasteiger partial charge in [0.2, 0.25) is 11.8 Å². The monoisotopic (exact) mass is 395 g/mol. The lowest BCUT2D eigenvalue weighted by atomic mass is 9.87. The number of thioether (sulfide) groups is 1. The number of nitrogens with one attached hydrogen (secondary N) is 1. The van der Waals surface area contributed by atoms with Gasteiger partial charge in [0.25, 0.3) is 5.22 Å². The zero-order chi connectivity index (χ0) is 20.3. The third kappa shape index (κ3) is 5.01. The number of carbonyl (C=O) groups is 1. The Kier molecular flexibility index (Phi) is 5.89. The van der Waals surface area contributed by atoms with Crippen molar-refractivity contribution in [1.29, 1.82) is 0 Å². The molecule has 0 unspecified atom stereocenters. The number of aromatic nitrogens is 2. The lowest BCUT2D eigenvalue weighted by Crippen LogP contribution is -2.22. The summed E-state index contributed by atoms with van der Waals surface area (Å²) in [6.07, 6.45) is 0. The van der Waals surface area contributed by atoms with Crippen molar-refractivity contribution in [3.8, 4) is 11.5 Å². The molecule has 0 fully saturated rings. The highest BCUT2D eigenvalue weighted by atomic mass is 32.2. The number of hydrogen-bond donors (Lipinski definition) is 1. The number of anilines is 1. The van der Waals surface area contributed by atoms with Crippen LogP contribution in [0.4, 0.5) is 5.69 Å². The van der Waals surface area contributed by atoms with Crippen molar-refractivity contribution in [3.63, 3.8) is 0 Å². The SMILES string of the molecule is Cc1ccc(NC(=O)[C@H](C)Sc2nnc(-c3ccc(C(C)(C)C)cc3)o2)cc1. The Morgan fingerprint density at radius 1 is 1.04 bits per heavy atom. The average Bonchev–Trinajstić information content (AvgIpc) is 3.11. The summed E-state index contributed by atoms with van der Waals surface area (Å²) in [5, 5.41) is 11.1. The number of amides is 1. The van der Waals surface area contributed by atoms with Gasteiger partial charge in [0.1, 0.15) is 0 Å². The van der Waals surface area contributed by atoms with E-state index in [0.717, 1.165) is 16.8 Å². The molecule has 5 nitrogen and oxygen atoms in total. The van der Waals surface area contributed by atoms with Gasteiger partial charge in [0.15, 0.2) is 0 Å². The van der Waals surface area contributed by atoms with E-state index in [2.05, 4.69) is 48.4 Å². The lowest BCUT2D eigenvalue weighted by Gasteiger charge is -2.18. The Labute approximate surface area is 170 Å². The molecule has 0 radical (unpaired) electrons. The summed E-state index contributed by atoms with van der Waals surface area (Å²) < 4.78 is 5.74. The molecule has 0 saturated carbocycles. The number of aryl methyl sites for hydroxylation is 1. The van der Waals surface area contributed by atoms with Crippen molar-refractivity contribution in [3.05, 3.63) is 59.7 Å². The van der Waals surface area contributed by atoms with Crippen molar-refractivity contribution in [2.45, 2.75) is 50.5 Å². The van der Waals surface area contributed by atoms with E-state index >= 15 is 0 Å². The Balaban J connectivity index is 1.63. The van der Waals surface area contributed by atoms with Crippen LogP contribution in [0.1, 0.15) is 38.8 Å². The van der Waals surface area contributed by atoms with Crippen LogP contribution in [-0.4, -0.2) is 21.4 Å². The Morgan fingerprint density at radius 3 is 2.29 bits per heavy atom. The molecule has 1 atom stereocenters. The number of benzene rings is 2. The van der Waals surface area contributed by atoms with Gasteiger partial charge >= 0.3 is 0 Å². The van der Waals surface area contributed by atoms with Gasteiger partial charge in [-0.05, 0) is 49.1 Å². The number of hydrogen-bond acceptors (Lipinski definition) is 5. The third-order valence-corrected chi connectivity index (χ3v) is 5.30. The topological polar surface area (TPSA) is 68.0 Å². The molecule has 0 aliphatic rings. The Bertz CT molecular complexity index is 941. The zero-order valence-electron chi connectivity index (χ0n) is 16.8. The number of nitrogens with zero attached hydrogens (tertiary/aromatic N) is 2. The molecule has 1 aromatic heterocycles.